The Morgan fingerprint density at radius 1 is 1.00 bits per heavy atom. The summed E-state index contributed by atoms with van der Waals surface area (Å²) in [5, 5.41) is 3.07. The first-order valence-electron chi connectivity index (χ1n) is 12.7. The van der Waals surface area contributed by atoms with Crippen LogP contribution < -0.4 is 10.2 Å². The maximum absolute atomic E-state index is 12.2. The predicted octanol–water partition coefficient (Wildman–Crippen LogP) is 6.44. The van der Waals surface area contributed by atoms with Crippen molar-refractivity contribution in [1.82, 2.24) is 14.9 Å². The fraction of sp³-hybridized carbons (Fsp3) is 0.692. The molecule has 0 aliphatic rings. The zero-order valence-electron chi connectivity index (χ0n) is 20.6. The van der Waals surface area contributed by atoms with Crippen LogP contribution in [0.1, 0.15) is 77.0 Å². The molecule has 1 amide bonds. The molecule has 2 aromatic rings. The number of amides is 1. The van der Waals surface area contributed by atoms with E-state index >= 15 is 0 Å². The van der Waals surface area contributed by atoms with Gasteiger partial charge in [-0.3, -0.25) is 4.79 Å². The van der Waals surface area contributed by atoms with Crippen LogP contribution in [0, 0.1) is 0 Å². The lowest BCUT2D eigenvalue weighted by Crippen LogP contribution is -2.27. The molecule has 7 heteroatoms. The van der Waals surface area contributed by atoms with Gasteiger partial charge in [-0.15, -0.1) is 23.2 Å². The van der Waals surface area contributed by atoms with Crippen molar-refractivity contribution in [3.63, 3.8) is 0 Å². The minimum absolute atomic E-state index is 0.150. The summed E-state index contributed by atoms with van der Waals surface area (Å²) in [5.41, 5.74) is 3.16. The van der Waals surface area contributed by atoms with Gasteiger partial charge < -0.3 is 14.8 Å². The number of benzene rings is 1. The van der Waals surface area contributed by atoms with E-state index in [4.69, 9.17) is 28.2 Å². The topological polar surface area (TPSA) is 50.2 Å². The number of fused-ring (bicyclic) bond motifs is 1. The molecule has 0 aliphatic carbocycles. The number of imidazole rings is 1. The summed E-state index contributed by atoms with van der Waals surface area (Å²) in [6.45, 7) is 4.56. The summed E-state index contributed by atoms with van der Waals surface area (Å²) in [6, 6.07) is 6.31. The van der Waals surface area contributed by atoms with E-state index in [1.807, 2.05) is 7.05 Å². The van der Waals surface area contributed by atoms with Crippen LogP contribution in [0.25, 0.3) is 11.0 Å². The normalized spacial score (nSPS) is 11.3. The van der Waals surface area contributed by atoms with Crippen LogP contribution in [-0.4, -0.2) is 46.9 Å². The van der Waals surface area contributed by atoms with E-state index < -0.39 is 0 Å². The molecule has 0 spiro atoms. The van der Waals surface area contributed by atoms with Gasteiger partial charge in [0.1, 0.15) is 5.82 Å². The standard InChI is InChI=1S/C26H42Cl2N4O/c1-3-4-5-6-7-8-9-10-18-29-26(33)13-11-12-25-30-23-21-22(14-15-24(23)31(25)2)32(19-16-27)20-17-28/h14-15,21H,3-13,16-20H2,1-2H3,(H,29,33). The van der Waals surface area contributed by atoms with Crippen LogP contribution in [0.5, 0.6) is 0 Å². The Kier molecular flexibility index (Phi) is 13.7. The average molecular weight is 498 g/mol. The van der Waals surface area contributed by atoms with Crippen molar-refractivity contribution < 1.29 is 4.79 Å². The minimum Gasteiger partial charge on any atom is -0.369 e. The number of rotatable bonds is 18. The summed E-state index contributed by atoms with van der Waals surface area (Å²) < 4.78 is 2.13. The minimum atomic E-state index is 0.150. The molecule has 1 aromatic carbocycles. The van der Waals surface area contributed by atoms with Crippen molar-refractivity contribution in [2.24, 2.45) is 7.05 Å². The number of nitrogens with one attached hydrogen (secondary N) is 1. The second kappa shape index (κ2) is 16.2. The number of aromatic nitrogens is 2. The van der Waals surface area contributed by atoms with Gasteiger partial charge in [0.05, 0.1) is 11.0 Å². The number of carbonyl (C=O) groups excluding carboxylic acids is 1. The molecule has 186 valence electrons. The zero-order chi connectivity index (χ0) is 23.9. The van der Waals surface area contributed by atoms with Crippen molar-refractivity contribution >= 4 is 45.8 Å². The molecule has 0 aliphatic heterocycles. The summed E-state index contributed by atoms with van der Waals surface area (Å²) in [5.74, 6) is 2.28. The highest BCUT2D eigenvalue weighted by molar-refractivity contribution is 6.18. The van der Waals surface area contributed by atoms with E-state index in [2.05, 4.69) is 39.9 Å². The Morgan fingerprint density at radius 3 is 2.33 bits per heavy atom. The van der Waals surface area contributed by atoms with Crippen LogP contribution >= 0.6 is 23.2 Å². The first kappa shape index (κ1) is 27.8. The number of hydrogen-bond acceptors (Lipinski definition) is 3. The molecular formula is C26H42Cl2N4O. The molecule has 5 nitrogen and oxygen atoms in total. The highest BCUT2D eigenvalue weighted by atomic mass is 35.5. The molecule has 0 bridgehead atoms. The molecule has 0 saturated carbocycles. The Hall–Kier alpha value is -1.46. The summed E-state index contributed by atoms with van der Waals surface area (Å²) >= 11 is 11.9. The van der Waals surface area contributed by atoms with Crippen LogP contribution in [0.15, 0.2) is 18.2 Å². The van der Waals surface area contributed by atoms with Gasteiger partial charge >= 0.3 is 0 Å². The fourth-order valence-electron chi connectivity index (χ4n) is 4.21. The van der Waals surface area contributed by atoms with Gasteiger partial charge in [0.15, 0.2) is 0 Å². The Labute approximate surface area is 210 Å². The van der Waals surface area contributed by atoms with E-state index in [-0.39, 0.29) is 5.91 Å². The third-order valence-electron chi connectivity index (χ3n) is 6.19. The largest absolute Gasteiger partial charge is 0.369 e. The Morgan fingerprint density at radius 2 is 1.67 bits per heavy atom. The molecule has 0 unspecified atom stereocenters. The van der Waals surface area contributed by atoms with Gasteiger partial charge in [-0.1, -0.05) is 51.9 Å². The number of alkyl halides is 2. The molecule has 0 radical (unpaired) electrons. The number of halogens is 2. The summed E-state index contributed by atoms with van der Waals surface area (Å²) in [4.78, 5) is 19.2. The Bertz CT molecular complexity index is 818. The van der Waals surface area contributed by atoms with E-state index in [1.54, 1.807) is 0 Å². The van der Waals surface area contributed by atoms with Crippen molar-refractivity contribution in [3.8, 4) is 0 Å². The average Bonchev–Trinajstić information content (AvgIpc) is 3.12. The molecule has 0 atom stereocenters. The number of unbranched alkanes of at least 4 members (excludes halogenated alkanes) is 7. The highest BCUT2D eigenvalue weighted by Crippen LogP contribution is 2.23. The summed E-state index contributed by atoms with van der Waals surface area (Å²) in [7, 11) is 2.04. The maximum Gasteiger partial charge on any atom is 0.220 e. The van der Waals surface area contributed by atoms with Crippen LogP contribution in [0.4, 0.5) is 5.69 Å². The van der Waals surface area contributed by atoms with E-state index in [1.165, 1.54) is 44.9 Å². The van der Waals surface area contributed by atoms with Crippen molar-refractivity contribution in [2.45, 2.75) is 77.6 Å². The van der Waals surface area contributed by atoms with Gasteiger partial charge in [0, 0.05) is 57.0 Å². The van der Waals surface area contributed by atoms with Crippen LogP contribution in [0.3, 0.4) is 0 Å². The number of aryl methyl sites for hydroxylation is 2. The molecule has 33 heavy (non-hydrogen) atoms. The maximum atomic E-state index is 12.2. The number of hydrogen-bond donors (Lipinski definition) is 1. The molecule has 1 N–H and O–H groups in total. The Balaban J connectivity index is 1.72. The predicted molar refractivity (Wildman–Crippen MR) is 143 cm³/mol. The van der Waals surface area contributed by atoms with Gasteiger partial charge in [-0.25, -0.2) is 4.98 Å². The van der Waals surface area contributed by atoms with Gasteiger partial charge in [0.25, 0.3) is 0 Å². The van der Waals surface area contributed by atoms with Gasteiger partial charge in [-0.2, -0.15) is 0 Å². The van der Waals surface area contributed by atoms with E-state index in [9.17, 15) is 4.79 Å². The first-order valence-corrected chi connectivity index (χ1v) is 13.8. The van der Waals surface area contributed by atoms with Gasteiger partial charge in [-0.05, 0) is 31.0 Å². The van der Waals surface area contributed by atoms with Crippen molar-refractivity contribution in [2.75, 3.05) is 36.3 Å². The molecule has 1 aromatic heterocycles. The molecule has 1 heterocycles. The molecule has 0 saturated heterocycles. The smallest absolute Gasteiger partial charge is 0.220 e. The monoisotopic (exact) mass is 496 g/mol. The number of anilines is 1. The summed E-state index contributed by atoms with van der Waals surface area (Å²) in [6.07, 6.45) is 12.4. The fourth-order valence-corrected chi connectivity index (χ4v) is 4.62. The lowest BCUT2D eigenvalue weighted by atomic mass is 10.1. The highest BCUT2D eigenvalue weighted by Gasteiger charge is 2.12. The van der Waals surface area contributed by atoms with Gasteiger partial charge in [0.2, 0.25) is 5.91 Å². The van der Waals surface area contributed by atoms with E-state index in [0.29, 0.717) is 18.2 Å². The number of carbonyl (C=O) groups is 1. The molecule has 0 fully saturated rings. The van der Waals surface area contributed by atoms with Crippen molar-refractivity contribution in [1.29, 1.82) is 0 Å². The molecule has 2 rings (SSSR count). The molecular weight excluding hydrogens is 455 g/mol. The lowest BCUT2D eigenvalue weighted by Gasteiger charge is -2.22. The quantitative estimate of drug-likeness (QED) is 0.191. The first-order chi connectivity index (χ1) is 16.1. The third kappa shape index (κ3) is 9.74. The lowest BCUT2D eigenvalue weighted by molar-refractivity contribution is -0.121. The van der Waals surface area contributed by atoms with Crippen molar-refractivity contribution in [3.05, 3.63) is 24.0 Å². The van der Waals surface area contributed by atoms with E-state index in [0.717, 1.165) is 61.4 Å². The SMILES string of the molecule is CCCCCCCCCCNC(=O)CCCc1nc2cc(N(CCCl)CCCl)ccc2n1C. The van der Waals surface area contributed by atoms with Crippen LogP contribution in [0.2, 0.25) is 0 Å². The zero-order valence-corrected chi connectivity index (χ0v) is 22.1. The second-order valence-corrected chi connectivity index (χ2v) is 9.56. The second-order valence-electron chi connectivity index (χ2n) is 8.80. The van der Waals surface area contributed by atoms with Crippen LogP contribution in [-0.2, 0) is 18.3 Å². The third-order valence-corrected chi connectivity index (χ3v) is 6.53. The number of nitrogens with zero attached hydrogens (tertiary/aromatic N) is 3.